The van der Waals surface area contributed by atoms with Crippen molar-refractivity contribution in [3.8, 4) is 11.3 Å². The third-order valence-corrected chi connectivity index (χ3v) is 5.10. The molecule has 11 heteroatoms. The molecule has 32 heavy (non-hydrogen) atoms. The minimum atomic E-state index is -4.91. The third kappa shape index (κ3) is 3.64. The summed E-state index contributed by atoms with van der Waals surface area (Å²) in [6.45, 7) is 0.639. The number of anilines is 2. The molecule has 1 atom stereocenters. The van der Waals surface area contributed by atoms with E-state index in [0.717, 1.165) is 24.4 Å². The van der Waals surface area contributed by atoms with Crippen molar-refractivity contribution in [1.82, 2.24) is 15.3 Å². The number of carbonyl (C=O) groups excluding carboxylic acids is 1. The van der Waals surface area contributed by atoms with Gasteiger partial charge in [-0.15, -0.1) is 0 Å². The molecule has 2 aromatic heterocycles. The summed E-state index contributed by atoms with van der Waals surface area (Å²) in [6, 6.07) is 6.80. The molecule has 0 saturated heterocycles. The number of alkyl halides is 3. The van der Waals surface area contributed by atoms with E-state index in [1.165, 1.54) is 18.2 Å². The molecule has 1 aliphatic heterocycles. The molecule has 3 N–H and O–H groups in total. The third-order valence-electron chi connectivity index (χ3n) is 5.10. The maximum absolute atomic E-state index is 14.3. The number of nitrogens with zero attached hydrogens (tertiary/aromatic N) is 2. The van der Waals surface area contributed by atoms with Crippen molar-refractivity contribution < 1.29 is 31.9 Å². The van der Waals surface area contributed by atoms with Crippen LogP contribution in [-0.4, -0.2) is 27.2 Å². The molecule has 166 valence electrons. The van der Waals surface area contributed by atoms with Gasteiger partial charge in [0.05, 0.1) is 34.7 Å². The standard InChI is InChI=1S/C21H15F5N4O2/c1-20(32,21(24,25)26)10-5-6-16(27-8-10)30-14-7-13(17-11(22)3-2-4-12(17)23)29-15-9-28-19(31)18(14)15/h2-8,32H,9H2,1H3,(H,28,31)(H,27,29,30)/t20-/m0/s1. The lowest BCUT2D eigenvalue weighted by Gasteiger charge is -2.26. The van der Waals surface area contributed by atoms with Crippen LogP contribution in [-0.2, 0) is 12.1 Å². The second-order valence-electron chi connectivity index (χ2n) is 7.28. The molecule has 0 radical (unpaired) electrons. The fourth-order valence-corrected chi connectivity index (χ4v) is 3.26. The number of nitrogens with one attached hydrogen (secondary N) is 2. The Hall–Kier alpha value is -3.60. The Morgan fingerprint density at radius 3 is 2.38 bits per heavy atom. The van der Waals surface area contributed by atoms with E-state index in [0.29, 0.717) is 6.92 Å². The lowest BCUT2D eigenvalue weighted by atomic mass is 9.97. The number of halogens is 5. The van der Waals surface area contributed by atoms with Gasteiger partial charge in [0, 0.05) is 11.8 Å². The van der Waals surface area contributed by atoms with Gasteiger partial charge in [-0.1, -0.05) is 12.1 Å². The highest BCUT2D eigenvalue weighted by molar-refractivity contribution is 6.04. The van der Waals surface area contributed by atoms with Gasteiger partial charge in [-0.05, 0) is 31.2 Å². The molecule has 1 aromatic carbocycles. The van der Waals surface area contributed by atoms with Gasteiger partial charge in [0.25, 0.3) is 5.91 Å². The number of hydrogen-bond donors (Lipinski definition) is 3. The summed E-state index contributed by atoms with van der Waals surface area (Å²) in [5, 5.41) is 15.1. The second kappa shape index (κ2) is 7.52. The lowest BCUT2D eigenvalue weighted by Crippen LogP contribution is -2.39. The van der Waals surface area contributed by atoms with Crippen LogP contribution < -0.4 is 10.6 Å². The number of rotatable bonds is 4. The van der Waals surface area contributed by atoms with Crippen LogP contribution in [0.25, 0.3) is 11.3 Å². The van der Waals surface area contributed by atoms with Crippen LogP contribution in [0.4, 0.5) is 33.5 Å². The molecule has 0 saturated carbocycles. The van der Waals surface area contributed by atoms with Gasteiger partial charge >= 0.3 is 6.18 Å². The molecule has 4 rings (SSSR count). The number of carbonyl (C=O) groups is 1. The number of benzene rings is 1. The zero-order valence-corrected chi connectivity index (χ0v) is 16.4. The zero-order chi connectivity index (χ0) is 23.3. The van der Waals surface area contributed by atoms with E-state index in [1.54, 1.807) is 0 Å². The molecule has 1 amide bonds. The van der Waals surface area contributed by atoms with Crippen molar-refractivity contribution >= 4 is 17.4 Å². The van der Waals surface area contributed by atoms with Crippen LogP contribution in [0.5, 0.6) is 0 Å². The number of fused-ring (bicyclic) bond motifs is 1. The highest BCUT2D eigenvalue weighted by atomic mass is 19.4. The fourth-order valence-electron chi connectivity index (χ4n) is 3.26. The molecular formula is C21H15F5N4O2. The Kier molecular flexibility index (Phi) is 5.08. The SMILES string of the molecule is C[C@](O)(c1ccc(Nc2cc(-c3c(F)cccc3F)nc3c2C(=O)NC3)nc1)C(F)(F)F. The highest BCUT2D eigenvalue weighted by Gasteiger charge is 2.51. The topological polar surface area (TPSA) is 87.1 Å². The normalized spacial score (nSPS) is 15.2. The first-order valence-electron chi connectivity index (χ1n) is 9.28. The summed E-state index contributed by atoms with van der Waals surface area (Å²) >= 11 is 0. The van der Waals surface area contributed by atoms with Crippen molar-refractivity contribution in [2.24, 2.45) is 0 Å². The highest BCUT2D eigenvalue weighted by Crippen LogP contribution is 2.38. The molecule has 0 bridgehead atoms. The fraction of sp³-hybridized carbons (Fsp3) is 0.190. The molecule has 1 aliphatic rings. The number of pyridine rings is 2. The summed E-state index contributed by atoms with van der Waals surface area (Å²) in [4.78, 5) is 20.3. The Morgan fingerprint density at radius 1 is 1.09 bits per heavy atom. The molecule has 6 nitrogen and oxygen atoms in total. The Balaban J connectivity index is 1.74. The van der Waals surface area contributed by atoms with E-state index in [-0.39, 0.29) is 40.6 Å². The first-order valence-corrected chi connectivity index (χ1v) is 9.28. The van der Waals surface area contributed by atoms with Gasteiger partial charge in [-0.2, -0.15) is 13.2 Å². The Morgan fingerprint density at radius 2 is 1.78 bits per heavy atom. The van der Waals surface area contributed by atoms with Gasteiger partial charge in [0.15, 0.2) is 5.60 Å². The molecule has 0 aliphatic carbocycles. The van der Waals surface area contributed by atoms with Crippen molar-refractivity contribution in [1.29, 1.82) is 0 Å². The zero-order valence-electron chi connectivity index (χ0n) is 16.4. The maximum Gasteiger partial charge on any atom is 0.421 e. The maximum atomic E-state index is 14.3. The van der Waals surface area contributed by atoms with Crippen LogP contribution in [0.3, 0.4) is 0 Å². The van der Waals surface area contributed by atoms with Gasteiger partial charge < -0.3 is 15.7 Å². The number of amides is 1. The minimum absolute atomic E-state index is 0.0353. The number of aliphatic hydroxyl groups is 1. The van der Waals surface area contributed by atoms with E-state index in [2.05, 4.69) is 20.6 Å². The predicted octanol–water partition coefficient (Wildman–Crippen LogP) is 4.18. The van der Waals surface area contributed by atoms with Crippen LogP contribution >= 0.6 is 0 Å². The summed E-state index contributed by atoms with van der Waals surface area (Å²) < 4.78 is 67.6. The van der Waals surface area contributed by atoms with Gasteiger partial charge in [-0.25, -0.2) is 18.7 Å². The van der Waals surface area contributed by atoms with E-state index in [9.17, 15) is 31.9 Å². The molecule has 0 unspecified atom stereocenters. The Bertz CT molecular complexity index is 1190. The number of aromatic nitrogens is 2. The average molecular weight is 450 g/mol. The second-order valence-corrected chi connectivity index (χ2v) is 7.28. The van der Waals surface area contributed by atoms with Crippen LogP contribution in [0.2, 0.25) is 0 Å². The smallest absolute Gasteiger partial charge is 0.376 e. The molecule has 3 aromatic rings. The van der Waals surface area contributed by atoms with Crippen molar-refractivity contribution in [2.75, 3.05) is 5.32 Å². The molecule has 0 spiro atoms. The van der Waals surface area contributed by atoms with Crippen molar-refractivity contribution in [3.05, 3.63) is 71.1 Å². The van der Waals surface area contributed by atoms with Gasteiger partial charge in [0.1, 0.15) is 17.5 Å². The quantitative estimate of drug-likeness (QED) is 0.520. The van der Waals surface area contributed by atoms with E-state index in [1.807, 2.05) is 0 Å². The number of hydrogen-bond acceptors (Lipinski definition) is 5. The first-order chi connectivity index (χ1) is 15.0. The van der Waals surface area contributed by atoms with Crippen LogP contribution in [0.15, 0.2) is 42.6 Å². The van der Waals surface area contributed by atoms with E-state index >= 15 is 0 Å². The van der Waals surface area contributed by atoms with Crippen molar-refractivity contribution in [3.63, 3.8) is 0 Å². The molecule has 3 heterocycles. The monoisotopic (exact) mass is 450 g/mol. The Labute approximate surface area is 178 Å². The largest absolute Gasteiger partial charge is 0.421 e. The summed E-state index contributed by atoms with van der Waals surface area (Å²) in [5.74, 6) is -2.14. The van der Waals surface area contributed by atoms with Gasteiger partial charge in [-0.3, -0.25) is 4.79 Å². The summed E-state index contributed by atoms with van der Waals surface area (Å²) in [5.41, 5.74) is -3.57. The van der Waals surface area contributed by atoms with Gasteiger partial charge in [0.2, 0.25) is 0 Å². The predicted molar refractivity (Wildman–Crippen MR) is 104 cm³/mol. The van der Waals surface area contributed by atoms with E-state index < -0.39 is 34.9 Å². The van der Waals surface area contributed by atoms with Crippen molar-refractivity contribution in [2.45, 2.75) is 25.2 Å². The minimum Gasteiger partial charge on any atom is -0.376 e. The first kappa shape index (κ1) is 21.6. The summed E-state index contributed by atoms with van der Waals surface area (Å²) in [7, 11) is 0. The summed E-state index contributed by atoms with van der Waals surface area (Å²) in [6.07, 6.45) is -4.07. The van der Waals surface area contributed by atoms with Crippen LogP contribution in [0.1, 0.15) is 28.5 Å². The lowest BCUT2D eigenvalue weighted by molar-refractivity contribution is -0.259. The van der Waals surface area contributed by atoms with E-state index in [4.69, 9.17) is 0 Å². The molecule has 0 fully saturated rings. The molecular weight excluding hydrogens is 435 g/mol. The van der Waals surface area contributed by atoms with Crippen LogP contribution in [0, 0.1) is 11.6 Å². The average Bonchev–Trinajstić information content (AvgIpc) is 3.08.